The van der Waals surface area contributed by atoms with Gasteiger partial charge in [-0.15, -0.1) is 8.78 Å². The van der Waals surface area contributed by atoms with Crippen LogP contribution in [0.2, 0.25) is 0 Å². The number of fused-ring (bicyclic) bond motifs is 1. The van der Waals surface area contributed by atoms with E-state index in [9.17, 15) is 18.4 Å². The third-order valence-corrected chi connectivity index (χ3v) is 6.43. The number of aryl methyl sites for hydroxylation is 1. The lowest BCUT2D eigenvalue weighted by Crippen LogP contribution is -2.28. The summed E-state index contributed by atoms with van der Waals surface area (Å²) in [6.07, 6.45) is -1.08. The molecule has 2 amide bonds. The van der Waals surface area contributed by atoms with Gasteiger partial charge in [-0.05, 0) is 55.2 Å². The van der Waals surface area contributed by atoms with Crippen LogP contribution in [0.15, 0.2) is 42.6 Å². The van der Waals surface area contributed by atoms with Crippen molar-refractivity contribution in [3.8, 4) is 28.6 Å². The fourth-order valence-electron chi connectivity index (χ4n) is 4.28. The SMILES string of the molecule is COc1ncc(-c2nc(NC(=O)C3(c4ccc5c(c4)OC(F)(F)O5)CC3)ccc2C)cc1C(=O)N(C)C. The third kappa shape index (κ3) is 4.41. The summed E-state index contributed by atoms with van der Waals surface area (Å²) in [5.41, 5.74) is 1.89. The number of halogens is 2. The number of nitrogens with zero attached hydrogens (tertiary/aromatic N) is 3. The molecule has 5 rings (SSSR count). The number of anilines is 1. The van der Waals surface area contributed by atoms with Gasteiger partial charge < -0.3 is 24.4 Å². The van der Waals surface area contributed by atoms with Crippen LogP contribution in [-0.4, -0.2) is 54.2 Å². The zero-order chi connectivity index (χ0) is 26.5. The van der Waals surface area contributed by atoms with Crippen molar-refractivity contribution in [3.63, 3.8) is 0 Å². The van der Waals surface area contributed by atoms with Crippen molar-refractivity contribution in [2.75, 3.05) is 26.5 Å². The number of carbonyl (C=O) groups is 2. The lowest BCUT2D eigenvalue weighted by molar-refractivity contribution is -0.286. The number of nitrogens with one attached hydrogen (secondary N) is 1. The van der Waals surface area contributed by atoms with Crippen molar-refractivity contribution in [3.05, 3.63) is 59.3 Å². The van der Waals surface area contributed by atoms with Gasteiger partial charge in [-0.3, -0.25) is 9.59 Å². The molecule has 0 spiro atoms. The standard InChI is InChI=1S/C26H24F2N4O5/c1-14-5-8-20(30-21(14)15-11-17(23(33)32(2)3)22(35-4)29-13-15)31-24(34)25(9-10-25)16-6-7-18-19(12-16)37-26(27,28)36-18/h5-8,11-13H,9-10H2,1-4H3,(H,30,31,34). The van der Waals surface area contributed by atoms with Crippen LogP contribution in [0.3, 0.4) is 0 Å². The first-order valence-corrected chi connectivity index (χ1v) is 11.5. The monoisotopic (exact) mass is 510 g/mol. The smallest absolute Gasteiger partial charge is 0.480 e. The first kappa shape index (κ1) is 24.4. The van der Waals surface area contributed by atoms with Gasteiger partial charge in [0.15, 0.2) is 11.5 Å². The molecule has 1 fully saturated rings. The summed E-state index contributed by atoms with van der Waals surface area (Å²) in [6.45, 7) is 1.86. The van der Waals surface area contributed by atoms with Gasteiger partial charge in [-0.1, -0.05) is 12.1 Å². The van der Waals surface area contributed by atoms with Crippen molar-refractivity contribution in [2.24, 2.45) is 0 Å². The predicted octanol–water partition coefficient (Wildman–Crippen LogP) is 4.15. The highest BCUT2D eigenvalue weighted by molar-refractivity contribution is 6.01. The molecule has 37 heavy (non-hydrogen) atoms. The molecule has 0 bridgehead atoms. The largest absolute Gasteiger partial charge is 0.586 e. The molecule has 9 nitrogen and oxygen atoms in total. The predicted molar refractivity (Wildman–Crippen MR) is 129 cm³/mol. The Morgan fingerprint density at radius 2 is 1.81 bits per heavy atom. The highest BCUT2D eigenvalue weighted by Gasteiger charge is 2.53. The van der Waals surface area contributed by atoms with E-state index in [4.69, 9.17) is 4.74 Å². The third-order valence-electron chi connectivity index (χ3n) is 6.43. The lowest BCUT2D eigenvalue weighted by Gasteiger charge is -2.17. The molecule has 1 saturated carbocycles. The Bertz CT molecular complexity index is 1420. The Hall–Kier alpha value is -4.28. The summed E-state index contributed by atoms with van der Waals surface area (Å²) in [5.74, 6) is -0.258. The van der Waals surface area contributed by atoms with E-state index in [1.807, 2.05) is 6.92 Å². The maximum absolute atomic E-state index is 13.4. The topological polar surface area (TPSA) is 103 Å². The molecule has 1 N–H and O–H groups in total. The van der Waals surface area contributed by atoms with Crippen molar-refractivity contribution in [1.82, 2.24) is 14.9 Å². The molecule has 2 aromatic heterocycles. The van der Waals surface area contributed by atoms with E-state index in [0.29, 0.717) is 35.5 Å². The van der Waals surface area contributed by atoms with Gasteiger partial charge in [0, 0.05) is 25.9 Å². The number of carbonyl (C=O) groups excluding carboxylic acids is 2. The Kier molecular flexibility index (Phi) is 5.73. The molecule has 192 valence electrons. The van der Waals surface area contributed by atoms with Crippen LogP contribution >= 0.6 is 0 Å². The normalized spacial score (nSPS) is 16.2. The van der Waals surface area contributed by atoms with Crippen LogP contribution < -0.4 is 19.5 Å². The van der Waals surface area contributed by atoms with Crippen molar-refractivity contribution < 1.29 is 32.6 Å². The number of amides is 2. The average molecular weight is 510 g/mol. The number of pyridine rings is 2. The van der Waals surface area contributed by atoms with Gasteiger partial charge in [0.25, 0.3) is 5.91 Å². The first-order valence-electron chi connectivity index (χ1n) is 11.5. The van der Waals surface area contributed by atoms with Gasteiger partial charge in [-0.25, -0.2) is 9.97 Å². The van der Waals surface area contributed by atoms with E-state index in [0.717, 1.165) is 5.56 Å². The van der Waals surface area contributed by atoms with Crippen LogP contribution in [-0.2, 0) is 10.2 Å². The lowest BCUT2D eigenvalue weighted by atomic mass is 9.94. The van der Waals surface area contributed by atoms with E-state index < -0.39 is 11.7 Å². The summed E-state index contributed by atoms with van der Waals surface area (Å²) in [5, 5.41) is 2.85. The second-order valence-electron chi connectivity index (χ2n) is 9.21. The molecule has 0 unspecified atom stereocenters. The Morgan fingerprint density at radius 3 is 2.49 bits per heavy atom. The van der Waals surface area contributed by atoms with E-state index in [-0.39, 0.29) is 34.8 Å². The molecular formula is C26H24F2N4O5. The Balaban J connectivity index is 1.42. The van der Waals surface area contributed by atoms with Gasteiger partial charge in [0.05, 0.1) is 18.2 Å². The van der Waals surface area contributed by atoms with E-state index in [1.165, 1.54) is 24.1 Å². The van der Waals surface area contributed by atoms with Gasteiger partial charge in [0.1, 0.15) is 11.4 Å². The molecule has 0 atom stereocenters. The second kappa shape index (κ2) is 8.68. The Morgan fingerprint density at radius 1 is 1.08 bits per heavy atom. The van der Waals surface area contributed by atoms with Crippen LogP contribution in [0.5, 0.6) is 17.4 Å². The second-order valence-corrected chi connectivity index (χ2v) is 9.21. The van der Waals surface area contributed by atoms with Crippen molar-refractivity contribution in [2.45, 2.75) is 31.5 Å². The van der Waals surface area contributed by atoms with Crippen molar-refractivity contribution >= 4 is 17.6 Å². The van der Waals surface area contributed by atoms with Crippen LogP contribution in [0.4, 0.5) is 14.6 Å². The molecule has 11 heteroatoms. The number of hydrogen-bond acceptors (Lipinski definition) is 7. The molecule has 3 aromatic rings. The summed E-state index contributed by atoms with van der Waals surface area (Å²) in [7, 11) is 4.70. The number of ether oxygens (including phenoxy) is 3. The number of aromatic nitrogens is 2. The number of rotatable bonds is 6. The molecular weight excluding hydrogens is 486 g/mol. The first-order chi connectivity index (χ1) is 17.5. The number of hydrogen-bond donors (Lipinski definition) is 1. The van der Waals surface area contributed by atoms with E-state index in [1.54, 1.807) is 44.6 Å². The van der Waals surface area contributed by atoms with Gasteiger partial charge in [0.2, 0.25) is 11.8 Å². The molecule has 3 heterocycles. The molecule has 1 aromatic carbocycles. The highest BCUT2D eigenvalue weighted by Crippen LogP contribution is 2.52. The molecule has 0 radical (unpaired) electrons. The fraction of sp³-hybridized carbons (Fsp3) is 0.308. The molecule has 1 aliphatic heterocycles. The molecule has 1 aliphatic carbocycles. The maximum atomic E-state index is 13.4. The highest BCUT2D eigenvalue weighted by atomic mass is 19.3. The number of benzene rings is 1. The average Bonchev–Trinajstić information content (AvgIpc) is 3.61. The summed E-state index contributed by atoms with van der Waals surface area (Å²) in [6, 6.07) is 9.53. The van der Waals surface area contributed by atoms with Crippen molar-refractivity contribution in [1.29, 1.82) is 0 Å². The minimum Gasteiger partial charge on any atom is -0.480 e. The van der Waals surface area contributed by atoms with E-state index in [2.05, 4.69) is 24.8 Å². The maximum Gasteiger partial charge on any atom is 0.586 e. The van der Waals surface area contributed by atoms with E-state index >= 15 is 0 Å². The summed E-state index contributed by atoms with van der Waals surface area (Å²) in [4.78, 5) is 36.2. The van der Waals surface area contributed by atoms with Gasteiger partial charge in [-0.2, -0.15) is 0 Å². The van der Waals surface area contributed by atoms with Crippen LogP contribution in [0.1, 0.15) is 34.3 Å². The fourth-order valence-corrected chi connectivity index (χ4v) is 4.28. The Labute approximate surface area is 211 Å². The quantitative estimate of drug-likeness (QED) is 0.531. The molecule has 0 saturated heterocycles. The van der Waals surface area contributed by atoms with Crippen LogP contribution in [0.25, 0.3) is 11.3 Å². The summed E-state index contributed by atoms with van der Waals surface area (Å²) < 4.78 is 41.1. The van der Waals surface area contributed by atoms with Gasteiger partial charge >= 0.3 is 6.29 Å². The number of alkyl halides is 2. The minimum absolute atomic E-state index is 0.0741. The van der Waals surface area contributed by atoms with Crippen LogP contribution in [0, 0.1) is 6.92 Å². The molecule has 2 aliphatic rings. The number of methoxy groups -OCH3 is 1. The minimum atomic E-state index is -3.73. The zero-order valence-corrected chi connectivity index (χ0v) is 20.6. The zero-order valence-electron chi connectivity index (χ0n) is 20.6. The summed E-state index contributed by atoms with van der Waals surface area (Å²) >= 11 is 0.